The number of aromatic nitrogens is 3. The molecule has 0 radical (unpaired) electrons. The smallest absolute Gasteiger partial charge is 0.413 e. The number of nitrogens with zero attached hydrogens (tertiary/aromatic N) is 3. The molecular formula is C15H16Cl2N5O6+. The quantitative estimate of drug-likeness (QED) is 0.327. The van der Waals surface area contributed by atoms with Crippen LogP contribution in [-0.2, 0) is 9.53 Å². The molecule has 1 aliphatic heterocycles. The van der Waals surface area contributed by atoms with E-state index >= 15 is 0 Å². The second kappa shape index (κ2) is 7.62. The SMILES string of the molecule is Nc1nc(N)[n+]([C@@H]2O[C@H](C(=O)O)[C@@H](O)[C@H](O)[C@H]2O)nc1-c1ccc(Cl)c(Cl)c1. The van der Waals surface area contributed by atoms with Crippen molar-refractivity contribution in [2.75, 3.05) is 11.5 Å². The van der Waals surface area contributed by atoms with Gasteiger partial charge in [-0.2, -0.15) is 0 Å². The highest BCUT2D eigenvalue weighted by atomic mass is 35.5. The Labute approximate surface area is 167 Å². The molecule has 2 heterocycles. The zero-order valence-electron chi connectivity index (χ0n) is 14.0. The Hall–Kier alpha value is -2.28. The van der Waals surface area contributed by atoms with Crippen LogP contribution in [0.2, 0.25) is 10.0 Å². The fraction of sp³-hybridized carbons (Fsp3) is 0.333. The first-order valence-corrected chi connectivity index (χ1v) is 8.60. The van der Waals surface area contributed by atoms with Crippen LogP contribution in [0.1, 0.15) is 6.23 Å². The molecule has 5 atom stereocenters. The first-order valence-electron chi connectivity index (χ1n) is 7.84. The van der Waals surface area contributed by atoms with Gasteiger partial charge in [-0.15, -0.1) is 9.78 Å². The second-order valence-electron chi connectivity index (χ2n) is 6.03. The van der Waals surface area contributed by atoms with Crippen molar-refractivity contribution in [1.82, 2.24) is 10.1 Å². The summed E-state index contributed by atoms with van der Waals surface area (Å²) < 4.78 is 6.08. The highest BCUT2D eigenvalue weighted by Crippen LogP contribution is 2.30. The number of nitrogens with two attached hydrogens (primary N) is 2. The van der Waals surface area contributed by atoms with Crippen LogP contribution < -0.4 is 16.1 Å². The van der Waals surface area contributed by atoms with Crippen molar-refractivity contribution in [3.8, 4) is 11.3 Å². The summed E-state index contributed by atoms with van der Waals surface area (Å²) in [6.45, 7) is 0. The topological polar surface area (TPSA) is 189 Å². The average Bonchev–Trinajstić information content (AvgIpc) is 2.63. The van der Waals surface area contributed by atoms with Gasteiger partial charge >= 0.3 is 11.9 Å². The molecule has 11 nitrogen and oxygen atoms in total. The molecule has 3 rings (SSSR count). The number of anilines is 2. The Bertz CT molecular complexity index is 932. The van der Waals surface area contributed by atoms with Crippen LogP contribution in [0.25, 0.3) is 11.3 Å². The minimum absolute atomic E-state index is 0.0761. The lowest BCUT2D eigenvalue weighted by Crippen LogP contribution is -2.65. The summed E-state index contributed by atoms with van der Waals surface area (Å²) in [4.78, 5) is 15.2. The van der Waals surface area contributed by atoms with Crippen molar-refractivity contribution in [2.24, 2.45) is 0 Å². The van der Waals surface area contributed by atoms with Crippen LogP contribution in [0.15, 0.2) is 18.2 Å². The first-order chi connectivity index (χ1) is 13.1. The van der Waals surface area contributed by atoms with Crippen molar-refractivity contribution in [3.05, 3.63) is 28.2 Å². The number of carbonyl (C=O) groups is 1. The summed E-state index contributed by atoms with van der Waals surface area (Å²) in [5.74, 6) is -1.94. The molecule has 28 heavy (non-hydrogen) atoms. The lowest BCUT2D eigenvalue weighted by Gasteiger charge is -2.37. The maximum Gasteiger partial charge on any atom is 0.413 e. The molecule has 13 heteroatoms. The molecule has 1 fully saturated rings. The molecule has 0 unspecified atom stereocenters. The fourth-order valence-corrected chi connectivity index (χ4v) is 3.04. The molecule has 1 aromatic carbocycles. The van der Waals surface area contributed by atoms with E-state index in [1.807, 2.05) is 0 Å². The number of nitrogen functional groups attached to an aromatic ring is 2. The molecule has 1 aromatic heterocycles. The van der Waals surface area contributed by atoms with Gasteiger partial charge in [-0.1, -0.05) is 29.3 Å². The van der Waals surface area contributed by atoms with Crippen LogP contribution in [-0.4, -0.2) is 60.9 Å². The van der Waals surface area contributed by atoms with Gasteiger partial charge in [0.1, 0.15) is 18.3 Å². The zero-order valence-corrected chi connectivity index (χ0v) is 15.5. The van der Waals surface area contributed by atoms with Crippen LogP contribution in [0, 0.1) is 0 Å². The Kier molecular flexibility index (Phi) is 5.57. The van der Waals surface area contributed by atoms with Gasteiger partial charge in [0.15, 0.2) is 11.8 Å². The lowest BCUT2D eigenvalue weighted by atomic mass is 9.98. The molecule has 0 saturated carbocycles. The van der Waals surface area contributed by atoms with E-state index in [-0.39, 0.29) is 22.5 Å². The lowest BCUT2D eigenvalue weighted by molar-refractivity contribution is -0.813. The summed E-state index contributed by atoms with van der Waals surface area (Å²) >= 11 is 11.9. The number of aliphatic carboxylic acids is 1. The third kappa shape index (κ3) is 3.55. The van der Waals surface area contributed by atoms with Gasteiger partial charge in [0.05, 0.1) is 10.0 Å². The standard InChI is InChI=1S/C15H15Cl2N5O6/c16-5-2-1-4(3-6(5)17)7-12(18)20-15(19)22(21-7)13-10(25)8(23)9(24)11(28-13)14(26)27/h1-3,8-11,13,23-25H,(H4,18,19,20,26,27)/p+1/t8-,9-,10+,11-,13+/m0/s1. The summed E-state index contributed by atoms with van der Waals surface area (Å²) in [6, 6.07) is 4.54. The van der Waals surface area contributed by atoms with Gasteiger partial charge < -0.3 is 30.9 Å². The number of aliphatic hydroxyl groups excluding tert-OH is 3. The van der Waals surface area contributed by atoms with E-state index in [9.17, 15) is 25.2 Å². The Morgan fingerprint density at radius 3 is 2.39 bits per heavy atom. The fourth-order valence-electron chi connectivity index (χ4n) is 2.74. The van der Waals surface area contributed by atoms with Gasteiger partial charge in [0.2, 0.25) is 12.0 Å². The summed E-state index contributed by atoms with van der Waals surface area (Å²) in [5, 5.41) is 43.9. The molecule has 0 amide bonds. The van der Waals surface area contributed by atoms with Gasteiger partial charge in [0.25, 0.3) is 0 Å². The second-order valence-corrected chi connectivity index (χ2v) is 6.85. The average molecular weight is 433 g/mol. The number of aliphatic hydroxyl groups is 3. The Balaban J connectivity index is 2.08. The van der Waals surface area contributed by atoms with E-state index < -0.39 is 36.6 Å². The highest BCUT2D eigenvalue weighted by molar-refractivity contribution is 6.42. The van der Waals surface area contributed by atoms with E-state index in [0.717, 1.165) is 4.68 Å². The van der Waals surface area contributed by atoms with Crippen LogP contribution in [0.4, 0.5) is 11.8 Å². The molecule has 2 aromatic rings. The van der Waals surface area contributed by atoms with Crippen molar-refractivity contribution in [1.29, 1.82) is 0 Å². The predicted molar refractivity (Wildman–Crippen MR) is 96.1 cm³/mol. The molecular weight excluding hydrogens is 417 g/mol. The van der Waals surface area contributed by atoms with Crippen molar-refractivity contribution in [2.45, 2.75) is 30.6 Å². The Morgan fingerprint density at radius 2 is 1.79 bits per heavy atom. The summed E-state index contributed by atoms with van der Waals surface area (Å²) in [6.07, 6.45) is -8.84. The molecule has 1 saturated heterocycles. The predicted octanol–water partition coefficient (Wildman–Crippen LogP) is -1.03. The number of halogens is 2. The van der Waals surface area contributed by atoms with E-state index in [0.29, 0.717) is 10.6 Å². The number of carboxylic acid groups (broad SMARTS) is 1. The van der Waals surface area contributed by atoms with Gasteiger partial charge in [-0.3, -0.25) is 5.73 Å². The third-order valence-corrected chi connectivity index (χ3v) is 4.92. The number of hydrogen-bond acceptors (Lipinski definition) is 9. The molecule has 150 valence electrons. The zero-order chi connectivity index (χ0) is 20.7. The molecule has 0 aliphatic carbocycles. The van der Waals surface area contributed by atoms with Gasteiger partial charge in [0, 0.05) is 5.56 Å². The highest BCUT2D eigenvalue weighted by Gasteiger charge is 2.50. The van der Waals surface area contributed by atoms with Gasteiger partial charge in [-0.05, 0) is 17.1 Å². The van der Waals surface area contributed by atoms with E-state index in [4.69, 9.17) is 39.4 Å². The van der Waals surface area contributed by atoms with Crippen LogP contribution in [0.5, 0.6) is 0 Å². The first kappa shape index (κ1) is 20.5. The van der Waals surface area contributed by atoms with Crippen molar-refractivity contribution >= 4 is 40.9 Å². The maximum atomic E-state index is 11.3. The monoisotopic (exact) mass is 432 g/mol. The number of carboxylic acids is 1. The summed E-state index contributed by atoms with van der Waals surface area (Å²) in [7, 11) is 0. The van der Waals surface area contributed by atoms with E-state index in [2.05, 4.69) is 10.1 Å². The molecule has 0 spiro atoms. The third-order valence-electron chi connectivity index (χ3n) is 4.19. The number of hydrogen-bond donors (Lipinski definition) is 6. The molecule has 0 bridgehead atoms. The number of benzene rings is 1. The van der Waals surface area contributed by atoms with Gasteiger partial charge in [-0.25, -0.2) is 4.79 Å². The molecule has 1 aliphatic rings. The van der Waals surface area contributed by atoms with Crippen LogP contribution >= 0.6 is 23.2 Å². The molecule has 8 N–H and O–H groups in total. The largest absolute Gasteiger partial charge is 0.479 e. The minimum Gasteiger partial charge on any atom is -0.479 e. The summed E-state index contributed by atoms with van der Waals surface area (Å²) in [5.41, 5.74) is 12.2. The Morgan fingerprint density at radius 1 is 1.11 bits per heavy atom. The maximum absolute atomic E-state index is 11.3. The number of ether oxygens (including phenoxy) is 1. The van der Waals surface area contributed by atoms with E-state index in [1.54, 1.807) is 6.07 Å². The van der Waals surface area contributed by atoms with E-state index in [1.165, 1.54) is 12.1 Å². The van der Waals surface area contributed by atoms with Crippen molar-refractivity contribution in [3.63, 3.8) is 0 Å². The normalized spacial score (nSPS) is 27.5. The minimum atomic E-state index is -1.86. The number of rotatable bonds is 3. The van der Waals surface area contributed by atoms with Crippen LogP contribution in [0.3, 0.4) is 0 Å². The van der Waals surface area contributed by atoms with Crippen molar-refractivity contribution < 1.29 is 34.6 Å².